The molecular formula is C19H19N5O2. The average molecular weight is 349 g/mol. The second-order valence-corrected chi connectivity index (χ2v) is 6.30. The van der Waals surface area contributed by atoms with Gasteiger partial charge in [-0.25, -0.2) is 4.98 Å². The van der Waals surface area contributed by atoms with Gasteiger partial charge in [-0.15, -0.1) is 10.2 Å². The van der Waals surface area contributed by atoms with Crippen LogP contribution in [0.25, 0.3) is 11.5 Å². The smallest absolute Gasteiger partial charge is 0.247 e. The van der Waals surface area contributed by atoms with E-state index >= 15 is 0 Å². The number of nitrogens with zero attached hydrogens (tertiary/aromatic N) is 5. The van der Waals surface area contributed by atoms with Crippen LogP contribution in [-0.4, -0.2) is 42.1 Å². The van der Waals surface area contributed by atoms with Crippen molar-refractivity contribution in [2.24, 2.45) is 4.99 Å². The van der Waals surface area contributed by atoms with Gasteiger partial charge in [-0.1, -0.05) is 0 Å². The van der Waals surface area contributed by atoms with Gasteiger partial charge in [-0.05, 0) is 35.9 Å². The monoisotopic (exact) mass is 349 g/mol. The van der Waals surface area contributed by atoms with E-state index in [2.05, 4.69) is 20.2 Å². The summed E-state index contributed by atoms with van der Waals surface area (Å²) < 4.78 is 11.1. The molecular weight excluding hydrogens is 330 g/mol. The van der Waals surface area contributed by atoms with Gasteiger partial charge in [-0.3, -0.25) is 4.99 Å². The fourth-order valence-corrected chi connectivity index (χ4v) is 2.92. The van der Waals surface area contributed by atoms with Crippen molar-refractivity contribution in [3.05, 3.63) is 48.0 Å². The Bertz CT molecular complexity index is 960. The molecule has 0 spiro atoms. The highest BCUT2D eigenvalue weighted by atomic mass is 16.5. The minimum absolute atomic E-state index is 0.514. The summed E-state index contributed by atoms with van der Waals surface area (Å²) in [6.07, 6.45) is 2.99. The maximum absolute atomic E-state index is 5.82. The zero-order valence-electron chi connectivity index (χ0n) is 14.9. The first-order valence-electron chi connectivity index (χ1n) is 8.32. The Morgan fingerprint density at radius 2 is 1.92 bits per heavy atom. The molecule has 3 aromatic rings. The molecule has 2 aromatic heterocycles. The normalized spacial score (nSPS) is 12.7. The Morgan fingerprint density at radius 1 is 1.12 bits per heavy atom. The van der Waals surface area contributed by atoms with Crippen LogP contribution in [0.15, 0.2) is 45.9 Å². The molecule has 3 heterocycles. The Kier molecular flexibility index (Phi) is 4.12. The first-order chi connectivity index (χ1) is 12.6. The molecule has 26 heavy (non-hydrogen) atoms. The van der Waals surface area contributed by atoms with Crippen LogP contribution in [0.2, 0.25) is 0 Å². The van der Waals surface area contributed by atoms with Crippen molar-refractivity contribution in [3.63, 3.8) is 0 Å². The second-order valence-electron chi connectivity index (χ2n) is 6.30. The summed E-state index contributed by atoms with van der Waals surface area (Å²) in [5, 5.41) is 8.33. The molecule has 0 saturated heterocycles. The van der Waals surface area contributed by atoms with Gasteiger partial charge in [0.25, 0.3) is 0 Å². The second kappa shape index (κ2) is 6.59. The Morgan fingerprint density at radius 3 is 2.65 bits per heavy atom. The predicted octanol–water partition coefficient (Wildman–Crippen LogP) is 3.08. The minimum atomic E-state index is 0.514. The Hall–Kier alpha value is -3.22. The van der Waals surface area contributed by atoms with Crippen LogP contribution in [0.3, 0.4) is 0 Å². The average Bonchev–Trinajstić information content (AvgIpc) is 3.28. The third-order valence-electron chi connectivity index (χ3n) is 4.28. The summed E-state index contributed by atoms with van der Waals surface area (Å²) in [4.78, 5) is 10.9. The molecule has 0 saturated carbocycles. The number of benzene rings is 1. The van der Waals surface area contributed by atoms with E-state index in [-0.39, 0.29) is 0 Å². The number of rotatable bonds is 5. The van der Waals surface area contributed by atoms with Gasteiger partial charge in [0.15, 0.2) is 0 Å². The quantitative estimate of drug-likeness (QED) is 0.704. The topological polar surface area (TPSA) is 76.6 Å². The van der Waals surface area contributed by atoms with Crippen molar-refractivity contribution >= 4 is 17.1 Å². The van der Waals surface area contributed by atoms with E-state index in [1.807, 2.05) is 49.3 Å². The molecule has 0 aliphatic carbocycles. The number of anilines is 1. The highest BCUT2D eigenvalue weighted by Gasteiger charge is 2.21. The van der Waals surface area contributed by atoms with Crippen LogP contribution < -0.4 is 9.64 Å². The summed E-state index contributed by atoms with van der Waals surface area (Å²) in [6.45, 7) is 0. The molecule has 4 rings (SSSR count). The first kappa shape index (κ1) is 16.3. The third-order valence-corrected chi connectivity index (χ3v) is 4.28. The van der Waals surface area contributed by atoms with Crippen LogP contribution in [-0.2, 0) is 12.8 Å². The zero-order chi connectivity index (χ0) is 18.1. The number of hydrogen-bond donors (Lipinski definition) is 0. The minimum Gasteiger partial charge on any atom is -0.479 e. The molecule has 0 fully saturated rings. The van der Waals surface area contributed by atoms with Crippen molar-refractivity contribution in [2.75, 3.05) is 26.1 Å². The Balaban J connectivity index is 1.51. The van der Waals surface area contributed by atoms with Crippen molar-refractivity contribution in [3.8, 4) is 17.3 Å². The standard InChI is InChI=1S/C19H19N5O2/c1-24(2)15-6-4-12(5-7-15)18-23-22-16(26-18)11-14-10-13-8-9-20-19(25-3)17(13)21-14/h4-9H,10-11H2,1-3H3. The van der Waals surface area contributed by atoms with Gasteiger partial charge in [0.1, 0.15) is 5.69 Å². The number of aromatic nitrogens is 3. The van der Waals surface area contributed by atoms with Crippen LogP contribution in [0.4, 0.5) is 11.4 Å². The van der Waals surface area contributed by atoms with Gasteiger partial charge in [0, 0.05) is 43.7 Å². The number of aliphatic imine (C=N–C) groups is 1. The lowest BCUT2D eigenvalue weighted by molar-refractivity contribution is 0.399. The molecule has 7 heteroatoms. The molecule has 7 nitrogen and oxygen atoms in total. The van der Waals surface area contributed by atoms with Crippen LogP contribution >= 0.6 is 0 Å². The molecule has 0 amide bonds. The van der Waals surface area contributed by atoms with E-state index in [1.54, 1.807) is 13.3 Å². The number of fused-ring (bicyclic) bond motifs is 1. The fourth-order valence-electron chi connectivity index (χ4n) is 2.92. The molecule has 0 N–H and O–H groups in total. The summed E-state index contributed by atoms with van der Waals surface area (Å²) >= 11 is 0. The van der Waals surface area contributed by atoms with Crippen molar-refractivity contribution in [1.82, 2.24) is 15.2 Å². The number of hydrogen-bond acceptors (Lipinski definition) is 7. The van der Waals surface area contributed by atoms with Gasteiger partial charge < -0.3 is 14.1 Å². The van der Waals surface area contributed by atoms with E-state index in [1.165, 1.54) is 0 Å². The van der Waals surface area contributed by atoms with Gasteiger partial charge in [0.2, 0.25) is 17.7 Å². The lowest BCUT2D eigenvalue weighted by atomic mass is 10.1. The van der Waals surface area contributed by atoms with E-state index in [4.69, 9.17) is 9.15 Å². The molecule has 0 unspecified atom stereocenters. The molecule has 0 bridgehead atoms. The zero-order valence-corrected chi connectivity index (χ0v) is 14.9. The van der Waals surface area contributed by atoms with Crippen molar-refractivity contribution < 1.29 is 9.15 Å². The molecule has 1 aromatic carbocycles. The van der Waals surface area contributed by atoms with Crippen molar-refractivity contribution in [1.29, 1.82) is 0 Å². The molecule has 132 valence electrons. The largest absolute Gasteiger partial charge is 0.479 e. The third kappa shape index (κ3) is 3.03. The fraction of sp³-hybridized carbons (Fsp3) is 0.263. The van der Waals surface area contributed by atoms with Gasteiger partial charge in [-0.2, -0.15) is 0 Å². The lowest BCUT2D eigenvalue weighted by Gasteiger charge is -2.11. The van der Waals surface area contributed by atoms with Crippen LogP contribution in [0.1, 0.15) is 11.5 Å². The predicted molar refractivity (Wildman–Crippen MR) is 99.4 cm³/mol. The highest BCUT2D eigenvalue weighted by Crippen LogP contribution is 2.34. The van der Waals surface area contributed by atoms with E-state index in [0.29, 0.717) is 24.1 Å². The lowest BCUT2D eigenvalue weighted by Crippen LogP contribution is -2.07. The van der Waals surface area contributed by atoms with Crippen LogP contribution in [0, 0.1) is 0 Å². The number of pyridine rings is 1. The maximum atomic E-state index is 5.82. The SMILES string of the molecule is COc1nccc2c1N=C(Cc1nnc(-c3ccc(N(C)C)cc3)o1)C2. The van der Waals surface area contributed by atoms with Gasteiger partial charge in [0.05, 0.1) is 13.5 Å². The van der Waals surface area contributed by atoms with Crippen molar-refractivity contribution in [2.45, 2.75) is 12.8 Å². The van der Waals surface area contributed by atoms with E-state index < -0.39 is 0 Å². The Labute approximate surface area is 151 Å². The summed E-state index contributed by atoms with van der Waals surface area (Å²) in [6, 6.07) is 9.96. The maximum Gasteiger partial charge on any atom is 0.247 e. The highest BCUT2D eigenvalue weighted by molar-refractivity contribution is 5.95. The summed E-state index contributed by atoms with van der Waals surface area (Å²) in [5.41, 5.74) is 4.88. The molecule has 0 radical (unpaired) electrons. The number of ether oxygens (including phenoxy) is 1. The first-order valence-corrected chi connectivity index (χ1v) is 8.32. The summed E-state index contributed by atoms with van der Waals surface area (Å²) in [7, 11) is 5.61. The van der Waals surface area contributed by atoms with E-state index in [0.717, 1.165) is 34.6 Å². The van der Waals surface area contributed by atoms with Crippen LogP contribution in [0.5, 0.6) is 5.88 Å². The van der Waals surface area contributed by atoms with Gasteiger partial charge >= 0.3 is 0 Å². The molecule has 0 atom stereocenters. The summed E-state index contributed by atoms with van der Waals surface area (Å²) in [5.74, 6) is 1.61. The number of methoxy groups -OCH3 is 1. The molecule has 1 aliphatic heterocycles. The molecule has 1 aliphatic rings. The van der Waals surface area contributed by atoms with E-state index in [9.17, 15) is 0 Å².